The zero-order chi connectivity index (χ0) is 13.2. The minimum absolute atomic E-state index is 0.113. The molecule has 1 atom stereocenters. The molecular formula is C11H12Cl2FNO2. The summed E-state index contributed by atoms with van der Waals surface area (Å²) in [7, 11) is 0. The molecule has 0 amide bonds. The van der Waals surface area contributed by atoms with Gasteiger partial charge < -0.3 is 5.11 Å². The largest absolute Gasteiger partial charge is 0.480 e. The van der Waals surface area contributed by atoms with Crippen LogP contribution in [-0.2, 0) is 10.3 Å². The molecule has 0 radical (unpaired) electrons. The smallest absolute Gasteiger partial charge is 0.328 e. The third kappa shape index (κ3) is 2.70. The van der Waals surface area contributed by atoms with Gasteiger partial charge in [0.1, 0.15) is 11.4 Å². The van der Waals surface area contributed by atoms with Crippen LogP contribution in [-0.4, -0.2) is 17.6 Å². The monoisotopic (exact) mass is 279 g/mol. The summed E-state index contributed by atoms with van der Waals surface area (Å²) in [5.41, 5.74) is -1.30. The van der Waals surface area contributed by atoms with E-state index >= 15 is 0 Å². The van der Waals surface area contributed by atoms with E-state index in [4.69, 9.17) is 23.2 Å². The summed E-state index contributed by atoms with van der Waals surface area (Å²) >= 11 is 11.5. The molecule has 3 nitrogen and oxygen atoms in total. The number of benzene rings is 1. The number of hydrogen-bond acceptors (Lipinski definition) is 2. The Bertz CT molecular complexity index is 453. The van der Waals surface area contributed by atoms with Crippen molar-refractivity contribution in [3.63, 3.8) is 0 Å². The number of halogens is 3. The van der Waals surface area contributed by atoms with Crippen LogP contribution in [0.2, 0.25) is 10.0 Å². The Kier molecular flexibility index (Phi) is 4.36. The van der Waals surface area contributed by atoms with Crippen molar-refractivity contribution in [3.8, 4) is 0 Å². The summed E-state index contributed by atoms with van der Waals surface area (Å²) in [6, 6.07) is 2.24. The van der Waals surface area contributed by atoms with Crippen molar-refractivity contribution < 1.29 is 14.3 Å². The Labute approximate surface area is 109 Å². The first-order chi connectivity index (χ1) is 7.82. The van der Waals surface area contributed by atoms with Crippen molar-refractivity contribution in [2.45, 2.75) is 19.4 Å². The number of carboxylic acids is 1. The molecule has 0 aliphatic heterocycles. The quantitative estimate of drug-likeness (QED) is 0.833. The van der Waals surface area contributed by atoms with Crippen LogP contribution >= 0.6 is 23.2 Å². The molecule has 1 aromatic rings. The van der Waals surface area contributed by atoms with Crippen LogP contribution in [0.5, 0.6) is 0 Å². The van der Waals surface area contributed by atoms with Gasteiger partial charge in [0.25, 0.3) is 0 Å². The summed E-state index contributed by atoms with van der Waals surface area (Å²) in [6.45, 7) is 3.58. The Morgan fingerprint density at radius 1 is 1.47 bits per heavy atom. The van der Waals surface area contributed by atoms with Crippen molar-refractivity contribution in [3.05, 3.63) is 33.6 Å². The summed E-state index contributed by atoms with van der Waals surface area (Å²) in [5.74, 6) is -1.83. The van der Waals surface area contributed by atoms with Crippen molar-refractivity contribution in [1.82, 2.24) is 5.32 Å². The Morgan fingerprint density at radius 2 is 2.06 bits per heavy atom. The van der Waals surface area contributed by atoms with Crippen molar-refractivity contribution in [2.24, 2.45) is 0 Å². The molecule has 1 unspecified atom stereocenters. The van der Waals surface area contributed by atoms with Gasteiger partial charge >= 0.3 is 5.97 Å². The molecule has 0 heterocycles. The molecule has 0 aliphatic rings. The van der Waals surface area contributed by atoms with Crippen molar-refractivity contribution >= 4 is 29.2 Å². The SMILES string of the molecule is CCNC(C)(C(=O)O)c1cc(F)c(Cl)cc1Cl. The Hall–Kier alpha value is -0.840. The van der Waals surface area contributed by atoms with E-state index in [-0.39, 0.29) is 15.6 Å². The van der Waals surface area contributed by atoms with Gasteiger partial charge in [0, 0.05) is 10.6 Å². The number of rotatable bonds is 4. The lowest BCUT2D eigenvalue weighted by Crippen LogP contribution is -2.46. The summed E-state index contributed by atoms with van der Waals surface area (Å²) in [6.07, 6.45) is 0. The number of hydrogen-bond donors (Lipinski definition) is 2. The van der Waals surface area contributed by atoms with E-state index in [0.29, 0.717) is 6.54 Å². The highest BCUT2D eigenvalue weighted by molar-refractivity contribution is 6.35. The molecule has 0 saturated carbocycles. The summed E-state index contributed by atoms with van der Waals surface area (Å²) in [5, 5.41) is 12.0. The average Bonchev–Trinajstić information content (AvgIpc) is 2.23. The molecule has 0 spiro atoms. The number of aliphatic carboxylic acids is 1. The molecule has 94 valence electrons. The van der Waals surface area contributed by atoms with Crippen LogP contribution in [0.15, 0.2) is 12.1 Å². The zero-order valence-corrected chi connectivity index (χ0v) is 10.9. The highest BCUT2D eigenvalue weighted by atomic mass is 35.5. The lowest BCUT2D eigenvalue weighted by molar-refractivity contribution is -0.144. The van der Waals surface area contributed by atoms with E-state index < -0.39 is 17.3 Å². The van der Waals surface area contributed by atoms with Crippen LogP contribution in [0, 0.1) is 5.82 Å². The molecule has 0 aliphatic carbocycles. The van der Waals surface area contributed by atoms with Crippen LogP contribution < -0.4 is 5.32 Å². The number of carboxylic acid groups (broad SMARTS) is 1. The van der Waals surface area contributed by atoms with Gasteiger partial charge in [0.2, 0.25) is 0 Å². The maximum atomic E-state index is 13.4. The number of likely N-dealkylation sites (N-methyl/N-ethyl adjacent to an activating group) is 1. The first kappa shape index (κ1) is 14.2. The minimum atomic E-state index is -1.45. The maximum absolute atomic E-state index is 13.4. The first-order valence-electron chi connectivity index (χ1n) is 4.96. The lowest BCUT2D eigenvalue weighted by atomic mass is 9.92. The highest BCUT2D eigenvalue weighted by Crippen LogP contribution is 2.32. The molecule has 1 rings (SSSR count). The van der Waals surface area contributed by atoms with E-state index in [2.05, 4.69) is 5.32 Å². The second-order valence-corrected chi connectivity index (χ2v) is 4.52. The van der Waals surface area contributed by atoms with Gasteiger partial charge in [0.05, 0.1) is 5.02 Å². The summed E-state index contributed by atoms with van der Waals surface area (Å²) < 4.78 is 13.4. The first-order valence-corrected chi connectivity index (χ1v) is 5.72. The van der Waals surface area contributed by atoms with Crippen LogP contribution in [0.1, 0.15) is 19.4 Å². The third-order valence-electron chi connectivity index (χ3n) is 2.51. The molecule has 6 heteroatoms. The maximum Gasteiger partial charge on any atom is 0.328 e. The predicted octanol–water partition coefficient (Wildman–Crippen LogP) is 3.04. The van der Waals surface area contributed by atoms with Gasteiger partial charge in [-0.15, -0.1) is 0 Å². The van der Waals surface area contributed by atoms with Crippen LogP contribution in [0.25, 0.3) is 0 Å². The predicted molar refractivity (Wildman–Crippen MR) is 65.1 cm³/mol. The Balaban J connectivity index is 3.38. The second kappa shape index (κ2) is 5.21. The van der Waals surface area contributed by atoms with E-state index in [1.165, 1.54) is 13.0 Å². The molecule has 0 bridgehead atoms. The minimum Gasteiger partial charge on any atom is -0.480 e. The molecule has 0 aromatic heterocycles. The van der Waals surface area contributed by atoms with E-state index in [9.17, 15) is 14.3 Å². The molecule has 0 fully saturated rings. The highest BCUT2D eigenvalue weighted by Gasteiger charge is 2.36. The lowest BCUT2D eigenvalue weighted by Gasteiger charge is -2.27. The standard InChI is InChI=1S/C11H12Cl2FNO2/c1-3-15-11(2,10(16)17)6-4-9(14)8(13)5-7(6)12/h4-5,15H,3H2,1-2H3,(H,16,17). The van der Waals surface area contributed by atoms with Crippen LogP contribution in [0.3, 0.4) is 0 Å². The average molecular weight is 280 g/mol. The fourth-order valence-electron chi connectivity index (χ4n) is 1.55. The summed E-state index contributed by atoms with van der Waals surface area (Å²) in [4.78, 5) is 11.3. The Morgan fingerprint density at radius 3 is 2.53 bits per heavy atom. The number of nitrogens with one attached hydrogen (secondary N) is 1. The van der Waals surface area contributed by atoms with Crippen molar-refractivity contribution in [2.75, 3.05) is 6.54 Å². The fraction of sp³-hybridized carbons (Fsp3) is 0.364. The van der Waals surface area contributed by atoms with E-state index in [1.54, 1.807) is 6.92 Å². The van der Waals surface area contributed by atoms with E-state index in [0.717, 1.165) is 6.07 Å². The van der Waals surface area contributed by atoms with E-state index in [1.807, 2.05) is 0 Å². The van der Waals surface area contributed by atoms with Gasteiger partial charge in [-0.05, 0) is 25.6 Å². The van der Waals surface area contributed by atoms with Gasteiger partial charge in [-0.25, -0.2) is 9.18 Å². The third-order valence-corrected chi connectivity index (χ3v) is 3.11. The normalized spacial score (nSPS) is 14.4. The van der Waals surface area contributed by atoms with Gasteiger partial charge in [0.15, 0.2) is 0 Å². The van der Waals surface area contributed by atoms with Crippen LogP contribution in [0.4, 0.5) is 4.39 Å². The van der Waals surface area contributed by atoms with Gasteiger partial charge in [-0.3, -0.25) is 5.32 Å². The topological polar surface area (TPSA) is 49.3 Å². The molecule has 2 N–H and O–H groups in total. The van der Waals surface area contributed by atoms with Gasteiger partial charge in [-0.2, -0.15) is 0 Å². The zero-order valence-electron chi connectivity index (χ0n) is 9.35. The molecule has 0 saturated heterocycles. The molecule has 1 aromatic carbocycles. The molecular weight excluding hydrogens is 268 g/mol. The molecule has 17 heavy (non-hydrogen) atoms. The van der Waals surface area contributed by atoms with Gasteiger partial charge in [-0.1, -0.05) is 30.1 Å². The van der Waals surface area contributed by atoms with Crippen molar-refractivity contribution in [1.29, 1.82) is 0 Å². The second-order valence-electron chi connectivity index (χ2n) is 3.71. The fourth-order valence-corrected chi connectivity index (χ4v) is 2.12. The number of carbonyl (C=O) groups is 1.